The number of anilines is 1. The Morgan fingerprint density at radius 1 is 1.04 bits per heavy atom. The molecule has 0 saturated heterocycles. The Balaban J connectivity index is 1.74. The topological polar surface area (TPSA) is 44.1 Å². The lowest BCUT2D eigenvalue weighted by Crippen LogP contribution is -2.47. The molecule has 1 aliphatic heterocycles. The van der Waals surface area contributed by atoms with Crippen LogP contribution in [0.3, 0.4) is 0 Å². The number of fused-ring (bicyclic) bond motifs is 1. The number of ketones is 1. The van der Waals surface area contributed by atoms with Gasteiger partial charge in [0.1, 0.15) is 5.54 Å². The molecule has 0 atom stereocenters. The lowest BCUT2D eigenvalue weighted by atomic mass is 9.90. The number of carbonyl (C=O) groups is 1. The fourth-order valence-corrected chi connectivity index (χ4v) is 4.07. The number of nitriles is 1. The Morgan fingerprint density at radius 3 is 2.43 bits per heavy atom. The van der Waals surface area contributed by atoms with Crippen LogP contribution in [0.1, 0.15) is 47.2 Å². The Bertz CT molecular complexity index is 795. The highest BCUT2D eigenvalue weighted by Crippen LogP contribution is 2.48. The first-order valence-corrected chi connectivity index (χ1v) is 8.15. The second kappa shape index (κ2) is 5.24. The zero-order valence-corrected chi connectivity index (χ0v) is 13.0. The van der Waals surface area contributed by atoms with Gasteiger partial charge in [-0.05, 0) is 42.7 Å². The second-order valence-electron chi connectivity index (χ2n) is 6.48. The summed E-state index contributed by atoms with van der Waals surface area (Å²) in [6.45, 7) is 0.717. The molecule has 4 rings (SSSR count). The number of hydrogen-bond donors (Lipinski definition) is 0. The van der Waals surface area contributed by atoms with Crippen molar-refractivity contribution in [1.82, 2.24) is 0 Å². The molecule has 2 aliphatic rings. The molecule has 1 fully saturated rings. The van der Waals surface area contributed by atoms with Crippen molar-refractivity contribution in [2.24, 2.45) is 0 Å². The van der Waals surface area contributed by atoms with Crippen molar-refractivity contribution in [2.75, 3.05) is 4.90 Å². The van der Waals surface area contributed by atoms with Gasteiger partial charge in [-0.3, -0.25) is 4.79 Å². The van der Waals surface area contributed by atoms with Crippen molar-refractivity contribution >= 4 is 11.5 Å². The van der Waals surface area contributed by atoms with E-state index in [1.807, 2.05) is 42.5 Å². The normalized spacial score (nSPS) is 18.2. The van der Waals surface area contributed by atoms with E-state index in [0.29, 0.717) is 17.9 Å². The number of benzene rings is 2. The highest BCUT2D eigenvalue weighted by Gasteiger charge is 2.52. The maximum atomic E-state index is 13.0. The van der Waals surface area contributed by atoms with E-state index in [1.54, 1.807) is 0 Å². The number of para-hydroxylation sites is 1. The minimum atomic E-state index is -0.350. The zero-order valence-electron chi connectivity index (χ0n) is 13.0. The van der Waals surface area contributed by atoms with Gasteiger partial charge in [-0.2, -0.15) is 5.26 Å². The lowest BCUT2D eigenvalue weighted by molar-refractivity contribution is 0.0902. The van der Waals surface area contributed by atoms with Crippen LogP contribution in [-0.2, 0) is 6.54 Å². The molecule has 23 heavy (non-hydrogen) atoms. The Hall–Kier alpha value is -2.60. The smallest absolute Gasteiger partial charge is 0.190 e. The van der Waals surface area contributed by atoms with Crippen LogP contribution < -0.4 is 4.90 Å². The predicted molar refractivity (Wildman–Crippen MR) is 89.3 cm³/mol. The van der Waals surface area contributed by atoms with E-state index in [-0.39, 0.29) is 5.54 Å². The Kier molecular flexibility index (Phi) is 3.20. The maximum absolute atomic E-state index is 13.0. The maximum Gasteiger partial charge on any atom is 0.190 e. The van der Waals surface area contributed by atoms with E-state index in [2.05, 4.69) is 17.0 Å². The van der Waals surface area contributed by atoms with Crippen LogP contribution in [0.25, 0.3) is 0 Å². The molecule has 2 aromatic rings. The molecule has 1 heterocycles. The number of hydrogen-bond acceptors (Lipinski definition) is 3. The average molecular weight is 302 g/mol. The summed E-state index contributed by atoms with van der Waals surface area (Å²) >= 11 is 0. The van der Waals surface area contributed by atoms with E-state index < -0.39 is 0 Å². The number of carbonyl (C=O) groups excluding carboxylic acids is 1. The largest absolute Gasteiger partial charge is 0.353 e. The van der Waals surface area contributed by atoms with Gasteiger partial charge in [0.25, 0.3) is 0 Å². The molecule has 0 unspecified atom stereocenters. The van der Waals surface area contributed by atoms with Crippen LogP contribution in [0.15, 0.2) is 48.5 Å². The summed E-state index contributed by atoms with van der Waals surface area (Å²) in [4.78, 5) is 15.3. The first-order chi connectivity index (χ1) is 11.2. The summed E-state index contributed by atoms with van der Waals surface area (Å²) < 4.78 is 0. The van der Waals surface area contributed by atoms with Gasteiger partial charge in [0, 0.05) is 17.8 Å². The fourth-order valence-electron chi connectivity index (χ4n) is 4.07. The predicted octanol–water partition coefficient (Wildman–Crippen LogP) is 4.07. The van der Waals surface area contributed by atoms with Crippen LogP contribution >= 0.6 is 0 Å². The molecule has 0 bridgehead atoms. The minimum absolute atomic E-state index is 0.291. The van der Waals surface area contributed by atoms with Gasteiger partial charge in [0.15, 0.2) is 5.78 Å². The summed E-state index contributed by atoms with van der Waals surface area (Å²) in [6.07, 6.45) is 4.11. The molecule has 114 valence electrons. The monoisotopic (exact) mass is 302 g/mol. The number of Topliss-reactive ketones (excluding diaryl/α,β-unsaturated/α-hetero) is 1. The van der Waals surface area contributed by atoms with Crippen molar-refractivity contribution in [3.63, 3.8) is 0 Å². The summed E-state index contributed by atoms with van der Waals surface area (Å²) in [7, 11) is 0. The lowest BCUT2D eigenvalue weighted by Gasteiger charge is -2.36. The molecular formula is C20H18N2O. The molecule has 0 aromatic heterocycles. The first-order valence-electron chi connectivity index (χ1n) is 8.15. The third-order valence-corrected chi connectivity index (χ3v) is 5.23. The standard InChI is InChI=1S/C20H18N2O/c21-13-15-7-9-16(10-8-15)14-22-18-6-2-1-5-17(18)19(23)20(22)11-3-4-12-20/h1-2,5-10H,3-4,11-12,14H2. The third kappa shape index (κ3) is 2.06. The van der Waals surface area contributed by atoms with Gasteiger partial charge < -0.3 is 4.90 Å². The van der Waals surface area contributed by atoms with Crippen LogP contribution in [-0.4, -0.2) is 11.3 Å². The first kappa shape index (κ1) is 14.0. The van der Waals surface area contributed by atoms with E-state index in [1.165, 1.54) is 0 Å². The molecular weight excluding hydrogens is 284 g/mol. The van der Waals surface area contributed by atoms with Crippen molar-refractivity contribution in [3.8, 4) is 6.07 Å². The van der Waals surface area contributed by atoms with Gasteiger partial charge in [-0.15, -0.1) is 0 Å². The molecule has 3 heteroatoms. The summed E-state index contributed by atoms with van der Waals surface area (Å²) in [5, 5.41) is 8.94. The molecule has 3 nitrogen and oxygen atoms in total. The van der Waals surface area contributed by atoms with Crippen LogP contribution in [0, 0.1) is 11.3 Å². The zero-order chi connectivity index (χ0) is 15.9. The summed E-state index contributed by atoms with van der Waals surface area (Å²) in [5.41, 5.74) is 3.38. The van der Waals surface area contributed by atoms with Crippen LogP contribution in [0.2, 0.25) is 0 Å². The van der Waals surface area contributed by atoms with E-state index in [0.717, 1.165) is 42.5 Å². The van der Waals surface area contributed by atoms with E-state index in [4.69, 9.17) is 5.26 Å². The van der Waals surface area contributed by atoms with Gasteiger partial charge >= 0.3 is 0 Å². The average Bonchev–Trinajstić information content (AvgIpc) is 3.17. The van der Waals surface area contributed by atoms with Gasteiger partial charge in [-0.1, -0.05) is 37.1 Å². The molecule has 1 spiro atoms. The highest BCUT2D eigenvalue weighted by molar-refractivity contribution is 6.14. The van der Waals surface area contributed by atoms with E-state index in [9.17, 15) is 4.79 Å². The molecule has 2 aromatic carbocycles. The number of nitrogens with zero attached hydrogens (tertiary/aromatic N) is 2. The Labute approximate surface area is 136 Å². The summed E-state index contributed by atoms with van der Waals surface area (Å²) in [6, 6.07) is 17.8. The molecule has 1 aliphatic carbocycles. The molecule has 1 saturated carbocycles. The molecule has 0 N–H and O–H groups in total. The number of rotatable bonds is 2. The second-order valence-corrected chi connectivity index (χ2v) is 6.48. The SMILES string of the molecule is N#Cc1ccc(CN2c3ccccc3C(=O)C23CCCC3)cc1. The highest BCUT2D eigenvalue weighted by atomic mass is 16.1. The Morgan fingerprint density at radius 2 is 1.74 bits per heavy atom. The third-order valence-electron chi connectivity index (χ3n) is 5.23. The van der Waals surface area contributed by atoms with E-state index >= 15 is 0 Å². The minimum Gasteiger partial charge on any atom is -0.353 e. The van der Waals surface area contributed by atoms with Gasteiger partial charge in [0.2, 0.25) is 0 Å². The summed E-state index contributed by atoms with van der Waals surface area (Å²) in [5.74, 6) is 0.291. The van der Waals surface area contributed by atoms with Crippen LogP contribution in [0.5, 0.6) is 0 Å². The van der Waals surface area contributed by atoms with Crippen LogP contribution in [0.4, 0.5) is 5.69 Å². The molecule has 0 radical (unpaired) electrons. The fraction of sp³-hybridized carbons (Fsp3) is 0.300. The van der Waals surface area contributed by atoms with Crippen molar-refractivity contribution in [3.05, 3.63) is 65.2 Å². The van der Waals surface area contributed by atoms with Crippen molar-refractivity contribution < 1.29 is 4.79 Å². The van der Waals surface area contributed by atoms with Crippen molar-refractivity contribution in [1.29, 1.82) is 5.26 Å². The molecule has 0 amide bonds. The van der Waals surface area contributed by atoms with Crippen molar-refractivity contribution in [2.45, 2.75) is 37.8 Å². The quantitative estimate of drug-likeness (QED) is 0.839. The van der Waals surface area contributed by atoms with Gasteiger partial charge in [-0.25, -0.2) is 0 Å². The van der Waals surface area contributed by atoms with Gasteiger partial charge in [0.05, 0.1) is 11.6 Å².